The van der Waals surface area contributed by atoms with E-state index in [0.717, 1.165) is 0 Å². The highest BCUT2D eigenvalue weighted by molar-refractivity contribution is 5.78. The van der Waals surface area contributed by atoms with Crippen LogP contribution in [0.4, 0.5) is 4.79 Å². The largest absolute Gasteiger partial charge is 0.481 e. The Morgan fingerprint density at radius 3 is 2.33 bits per heavy atom. The van der Waals surface area contributed by atoms with Crippen molar-refractivity contribution in [2.24, 2.45) is 0 Å². The lowest BCUT2D eigenvalue weighted by atomic mass is 10.3. The second-order valence-corrected chi connectivity index (χ2v) is 4.76. The van der Waals surface area contributed by atoms with E-state index in [0.29, 0.717) is 13.2 Å². The van der Waals surface area contributed by atoms with Gasteiger partial charge in [-0.25, -0.2) is 4.79 Å². The summed E-state index contributed by atoms with van der Waals surface area (Å²) in [6.07, 6.45) is 0.0590. The van der Waals surface area contributed by atoms with Gasteiger partial charge in [-0.1, -0.05) is 0 Å². The molecule has 3 N–H and O–H groups in total. The third-order valence-corrected chi connectivity index (χ3v) is 2.71. The number of carboxylic acid groups (broad SMARTS) is 1. The summed E-state index contributed by atoms with van der Waals surface area (Å²) in [5.41, 5.74) is 0. The number of aliphatic carboxylic acids is 1. The lowest BCUT2D eigenvalue weighted by molar-refractivity contribution is -0.137. The summed E-state index contributed by atoms with van der Waals surface area (Å²) >= 11 is 0. The van der Waals surface area contributed by atoms with Crippen LogP contribution < -0.4 is 10.6 Å². The van der Waals surface area contributed by atoms with Crippen molar-refractivity contribution in [3.8, 4) is 0 Å². The molecule has 8 heteroatoms. The molecule has 0 rings (SSSR count). The number of nitrogens with one attached hydrogen (secondary N) is 2. The molecule has 0 spiro atoms. The van der Waals surface area contributed by atoms with Crippen molar-refractivity contribution in [1.29, 1.82) is 0 Å². The summed E-state index contributed by atoms with van der Waals surface area (Å²) in [5, 5.41) is 13.9. The van der Waals surface area contributed by atoms with E-state index < -0.39 is 5.97 Å². The van der Waals surface area contributed by atoms with Crippen molar-refractivity contribution in [2.75, 3.05) is 33.4 Å². The Balaban J connectivity index is 4.02. The summed E-state index contributed by atoms with van der Waals surface area (Å²) in [6, 6.07) is -0.476. The third kappa shape index (κ3) is 9.67. The van der Waals surface area contributed by atoms with Crippen molar-refractivity contribution in [3.05, 3.63) is 0 Å². The molecule has 8 nitrogen and oxygen atoms in total. The summed E-state index contributed by atoms with van der Waals surface area (Å²) in [5.74, 6) is -1.13. The number of urea groups is 1. The average molecular weight is 303 g/mol. The molecule has 0 aromatic heterocycles. The van der Waals surface area contributed by atoms with Crippen LogP contribution in [0.2, 0.25) is 0 Å². The maximum absolute atomic E-state index is 11.9. The zero-order valence-electron chi connectivity index (χ0n) is 12.8. The molecule has 0 atom stereocenters. The molecule has 21 heavy (non-hydrogen) atoms. The van der Waals surface area contributed by atoms with Gasteiger partial charge in [0.25, 0.3) is 0 Å². The summed E-state index contributed by atoms with van der Waals surface area (Å²) in [7, 11) is 1.55. The smallest absolute Gasteiger partial charge is 0.317 e. The van der Waals surface area contributed by atoms with Crippen molar-refractivity contribution in [3.63, 3.8) is 0 Å². The highest BCUT2D eigenvalue weighted by Gasteiger charge is 2.17. The number of nitrogens with zero attached hydrogens (tertiary/aromatic N) is 1. The van der Waals surface area contributed by atoms with Crippen LogP contribution in [0.25, 0.3) is 0 Å². The number of amides is 3. The molecule has 0 aliphatic heterocycles. The minimum atomic E-state index is -0.953. The molecular formula is C13H25N3O5. The van der Waals surface area contributed by atoms with E-state index in [9.17, 15) is 14.4 Å². The van der Waals surface area contributed by atoms with Crippen LogP contribution in [0.1, 0.15) is 26.7 Å². The molecule has 0 bridgehead atoms. The van der Waals surface area contributed by atoms with Gasteiger partial charge in [0.1, 0.15) is 0 Å². The number of ether oxygens (including phenoxy) is 1. The second-order valence-electron chi connectivity index (χ2n) is 4.76. The number of methoxy groups -OCH3 is 1. The highest BCUT2D eigenvalue weighted by Crippen LogP contribution is 2.00. The molecule has 0 fully saturated rings. The fourth-order valence-corrected chi connectivity index (χ4v) is 1.58. The summed E-state index contributed by atoms with van der Waals surface area (Å²) in [4.78, 5) is 35.3. The van der Waals surface area contributed by atoms with Gasteiger partial charge in [-0.2, -0.15) is 0 Å². The van der Waals surface area contributed by atoms with Gasteiger partial charge in [0.2, 0.25) is 5.91 Å². The zero-order chi connectivity index (χ0) is 16.3. The number of hydrogen-bond donors (Lipinski definition) is 3. The van der Waals surface area contributed by atoms with Crippen molar-refractivity contribution in [2.45, 2.75) is 32.7 Å². The van der Waals surface area contributed by atoms with Crippen LogP contribution >= 0.6 is 0 Å². The SMILES string of the molecule is COCCNC(=O)CCNC(=O)N(CCC(=O)O)C(C)C. The van der Waals surface area contributed by atoms with Crippen LogP contribution in [-0.2, 0) is 14.3 Å². The predicted octanol–water partition coefficient (Wildman–Crippen LogP) is 0.0338. The van der Waals surface area contributed by atoms with E-state index >= 15 is 0 Å². The molecule has 122 valence electrons. The normalized spacial score (nSPS) is 10.3. The minimum absolute atomic E-state index is 0.108. The maximum atomic E-state index is 11.9. The second kappa shape index (κ2) is 10.9. The molecule has 0 unspecified atom stereocenters. The van der Waals surface area contributed by atoms with Crippen LogP contribution in [0.15, 0.2) is 0 Å². The molecule has 0 radical (unpaired) electrons. The number of carboxylic acids is 1. The first kappa shape index (κ1) is 19.2. The van der Waals surface area contributed by atoms with Crippen molar-refractivity contribution in [1.82, 2.24) is 15.5 Å². The van der Waals surface area contributed by atoms with E-state index in [1.165, 1.54) is 4.90 Å². The van der Waals surface area contributed by atoms with Crippen molar-refractivity contribution < 1.29 is 24.2 Å². The lowest BCUT2D eigenvalue weighted by Gasteiger charge is -2.26. The molecule has 3 amide bonds. The first-order chi connectivity index (χ1) is 9.88. The van der Waals surface area contributed by atoms with Gasteiger partial charge < -0.3 is 25.4 Å². The topological polar surface area (TPSA) is 108 Å². The van der Waals surface area contributed by atoms with E-state index in [4.69, 9.17) is 9.84 Å². The van der Waals surface area contributed by atoms with E-state index in [2.05, 4.69) is 10.6 Å². The fraction of sp³-hybridized carbons (Fsp3) is 0.769. The Hall–Kier alpha value is -1.83. The average Bonchev–Trinajstić information content (AvgIpc) is 2.38. The molecular weight excluding hydrogens is 278 g/mol. The standard InChI is InChI=1S/C13H25N3O5/c1-10(2)16(8-5-12(18)19)13(20)15-6-4-11(17)14-7-9-21-3/h10H,4-9H2,1-3H3,(H,14,17)(H,15,20)(H,18,19). The number of rotatable bonds is 10. The Kier molecular flexibility index (Phi) is 9.95. The third-order valence-electron chi connectivity index (χ3n) is 2.71. The van der Waals surface area contributed by atoms with E-state index in [1.807, 2.05) is 0 Å². The van der Waals surface area contributed by atoms with Gasteiger partial charge in [0.15, 0.2) is 0 Å². The van der Waals surface area contributed by atoms with Gasteiger partial charge in [-0.15, -0.1) is 0 Å². The monoisotopic (exact) mass is 303 g/mol. The van der Waals surface area contributed by atoms with Crippen LogP contribution in [0.5, 0.6) is 0 Å². The predicted molar refractivity (Wildman–Crippen MR) is 77.0 cm³/mol. The van der Waals surface area contributed by atoms with Crippen LogP contribution in [0, 0.1) is 0 Å². The molecule has 0 saturated heterocycles. The first-order valence-corrected chi connectivity index (χ1v) is 6.90. The molecule has 0 saturated carbocycles. The summed E-state index contributed by atoms with van der Waals surface area (Å²) < 4.78 is 4.80. The summed E-state index contributed by atoms with van der Waals surface area (Å²) in [6.45, 7) is 4.82. The zero-order valence-corrected chi connectivity index (χ0v) is 12.8. The first-order valence-electron chi connectivity index (χ1n) is 6.90. The van der Waals surface area contributed by atoms with Crippen LogP contribution in [0.3, 0.4) is 0 Å². The quantitative estimate of drug-likeness (QED) is 0.494. The van der Waals surface area contributed by atoms with E-state index in [1.54, 1.807) is 21.0 Å². The fourth-order valence-electron chi connectivity index (χ4n) is 1.58. The van der Waals surface area contributed by atoms with Gasteiger partial charge in [-0.3, -0.25) is 9.59 Å². The lowest BCUT2D eigenvalue weighted by Crippen LogP contribution is -2.45. The molecule has 0 aromatic rings. The number of hydrogen-bond acceptors (Lipinski definition) is 4. The highest BCUT2D eigenvalue weighted by atomic mass is 16.5. The Bertz CT molecular complexity index is 347. The minimum Gasteiger partial charge on any atom is -0.481 e. The Labute approximate surface area is 124 Å². The van der Waals surface area contributed by atoms with Gasteiger partial charge in [0.05, 0.1) is 13.0 Å². The van der Waals surface area contributed by atoms with Gasteiger partial charge in [-0.05, 0) is 13.8 Å². The number of carbonyl (C=O) groups excluding carboxylic acids is 2. The molecule has 0 aliphatic rings. The number of carbonyl (C=O) groups is 3. The maximum Gasteiger partial charge on any atom is 0.317 e. The van der Waals surface area contributed by atoms with Gasteiger partial charge in [0, 0.05) is 39.2 Å². The molecule has 0 heterocycles. The molecule has 0 aliphatic carbocycles. The van der Waals surface area contributed by atoms with E-state index in [-0.39, 0.29) is 43.9 Å². The van der Waals surface area contributed by atoms with Crippen molar-refractivity contribution >= 4 is 17.9 Å². The van der Waals surface area contributed by atoms with Crippen LogP contribution in [-0.4, -0.2) is 67.3 Å². The molecule has 0 aromatic carbocycles. The Morgan fingerprint density at radius 2 is 1.81 bits per heavy atom. The van der Waals surface area contributed by atoms with Gasteiger partial charge >= 0.3 is 12.0 Å². The Morgan fingerprint density at radius 1 is 1.14 bits per heavy atom.